The molecule has 1 atom stereocenters. The first-order valence-corrected chi connectivity index (χ1v) is 4.51. The van der Waals surface area contributed by atoms with E-state index in [9.17, 15) is 9.59 Å². The minimum Gasteiger partial charge on any atom is -0.447 e. The Bertz CT molecular complexity index is 237. The summed E-state index contributed by atoms with van der Waals surface area (Å²) in [4.78, 5) is 22.5. The van der Waals surface area contributed by atoms with Crippen LogP contribution in [-0.4, -0.2) is 24.0 Å². The Hall–Kier alpha value is -1.06. The summed E-state index contributed by atoms with van der Waals surface area (Å²) in [5.74, 6) is 0.0970. The lowest BCUT2D eigenvalue weighted by atomic mass is 9.82. The van der Waals surface area contributed by atoms with Crippen molar-refractivity contribution >= 4 is 11.9 Å². The Balaban J connectivity index is 2.89. The Labute approximate surface area is 77.6 Å². The molecule has 0 aliphatic carbocycles. The van der Waals surface area contributed by atoms with Gasteiger partial charge in [-0.2, -0.15) is 0 Å². The number of amides is 1. The molecule has 1 rings (SSSR count). The third kappa shape index (κ3) is 1.53. The van der Waals surface area contributed by atoms with E-state index in [4.69, 9.17) is 4.74 Å². The van der Waals surface area contributed by atoms with Gasteiger partial charge in [-0.15, -0.1) is 0 Å². The maximum Gasteiger partial charge on any atom is 0.408 e. The van der Waals surface area contributed by atoms with E-state index in [-0.39, 0.29) is 18.3 Å². The van der Waals surface area contributed by atoms with Gasteiger partial charge in [0.2, 0.25) is 0 Å². The van der Waals surface area contributed by atoms with Gasteiger partial charge in [0.05, 0.1) is 0 Å². The van der Waals surface area contributed by atoms with Crippen LogP contribution in [-0.2, 0) is 9.53 Å². The molecule has 0 aromatic rings. The molecule has 0 spiro atoms. The summed E-state index contributed by atoms with van der Waals surface area (Å²) in [7, 11) is 0. The molecule has 0 unspecified atom stereocenters. The van der Waals surface area contributed by atoms with Crippen LogP contribution in [0.2, 0.25) is 0 Å². The normalized spacial score (nSPS) is 27.2. The molecule has 1 amide bonds. The third-order valence-electron chi connectivity index (χ3n) is 2.56. The van der Waals surface area contributed by atoms with Gasteiger partial charge < -0.3 is 10.1 Å². The summed E-state index contributed by atoms with van der Waals surface area (Å²) in [6.45, 7) is 5.76. The number of carbonyl (C=O) groups is 2. The number of rotatable bonds is 3. The second kappa shape index (κ2) is 3.36. The lowest BCUT2D eigenvalue weighted by Gasteiger charge is -2.28. The van der Waals surface area contributed by atoms with E-state index in [1.165, 1.54) is 0 Å². The molecule has 4 nitrogen and oxygen atoms in total. The molecule has 1 heterocycles. The second-order valence-corrected chi connectivity index (χ2v) is 3.60. The number of ketones is 1. The largest absolute Gasteiger partial charge is 0.447 e. The van der Waals surface area contributed by atoms with Crippen LogP contribution >= 0.6 is 0 Å². The van der Waals surface area contributed by atoms with Crippen LogP contribution in [0.5, 0.6) is 0 Å². The number of cyclic esters (lactones) is 1. The van der Waals surface area contributed by atoms with E-state index < -0.39 is 11.6 Å². The summed E-state index contributed by atoms with van der Waals surface area (Å²) in [5, 5.41) is 2.61. The molecule has 1 aliphatic rings. The zero-order chi connectivity index (χ0) is 10.1. The Morgan fingerprint density at radius 3 is 2.62 bits per heavy atom. The lowest BCUT2D eigenvalue weighted by Crippen LogP contribution is -2.54. The predicted molar refractivity (Wildman–Crippen MR) is 47.4 cm³/mol. The maximum atomic E-state index is 11.6. The SMILES string of the molecule is CCC(=O)[C@]1(C(C)C)COC(=O)N1. The average Bonchev–Trinajstić information content (AvgIpc) is 2.47. The van der Waals surface area contributed by atoms with Gasteiger partial charge in [0.1, 0.15) is 12.1 Å². The summed E-state index contributed by atoms with van der Waals surface area (Å²) in [6.07, 6.45) is -0.0718. The van der Waals surface area contributed by atoms with Crippen molar-refractivity contribution in [1.29, 1.82) is 0 Å². The Morgan fingerprint density at radius 1 is 1.69 bits per heavy atom. The fraction of sp³-hybridized carbons (Fsp3) is 0.778. The monoisotopic (exact) mass is 185 g/mol. The van der Waals surface area contributed by atoms with Crippen molar-refractivity contribution in [3.63, 3.8) is 0 Å². The molecule has 0 radical (unpaired) electrons. The molecule has 0 saturated carbocycles. The average molecular weight is 185 g/mol. The smallest absolute Gasteiger partial charge is 0.408 e. The van der Waals surface area contributed by atoms with E-state index in [1.54, 1.807) is 6.92 Å². The molecule has 0 aromatic heterocycles. The summed E-state index contributed by atoms with van der Waals surface area (Å²) < 4.78 is 4.78. The van der Waals surface area contributed by atoms with Crippen LogP contribution in [0.4, 0.5) is 4.79 Å². The van der Waals surface area contributed by atoms with Crippen molar-refractivity contribution in [3.8, 4) is 0 Å². The van der Waals surface area contributed by atoms with E-state index in [0.29, 0.717) is 6.42 Å². The first kappa shape index (κ1) is 10.0. The van der Waals surface area contributed by atoms with Gasteiger partial charge in [-0.1, -0.05) is 20.8 Å². The molecule has 1 aliphatic heterocycles. The lowest BCUT2D eigenvalue weighted by molar-refractivity contribution is -0.126. The first-order valence-electron chi connectivity index (χ1n) is 4.51. The van der Waals surface area contributed by atoms with Crippen LogP contribution in [0.25, 0.3) is 0 Å². The molecule has 0 bridgehead atoms. The number of alkyl carbamates (subject to hydrolysis) is 1. The van der Waals surface area contributed by atoms with E-state index >= 15 is 0 Å². The van der Waals surface area contributed by atoms with E-state index in [0.717, 1.165) is 0 Å². The van der Waals surface area contributed by atoms with Gasteiger partial charge in [0.15, 0.2) is 5.78 Å². The molecule has 4 heteroatoms. The number of Topliss-reactive ketones (excluding diaryl/α,β-unsaturated/α-hetero) is 1. The number of carbonyl (C=O) groups excluding carboxylic acids is 2. The van der Waals surface area contributed by atoms with Gasteiger partial charge in [-0.05, 0) is 5.92 Å². The van der Waals surface area contributed by atoms with E-state index in [1.807, 2.05) is 13.8 Å². The van der Waals surface area contributed by atoms with E-state index in [2.05, 4.69) is 5.32 Å². The number of hydrogen-bond donors (Lipinski definition) is 1. The molecular weight excluding hydrogens is 170 g/mol. The van der Waals surface area contributed by atoms with Crippen LogP contribution in [0.15, 0.2) is 0 Å². The Kier molecular flexibility index (Phi) is 2.59. The molecule has 1 N–H and O–H groups in total. The quantitative estimate of drug-likeness (QED) is 0.716. The number of ether oxygens (including phenoxy) is 1. The van der Waals surface area contributed by atoms with Crippen LogP contribution in [0.3, 0.4) is 0 Å². The minimum absolute atomic E-state index is 0.0355. The van der Waals surface area contributed by atoms with Crippen molar-refractivity contribution in [2.24, 2.45) is 5.92 Å². The Morgan fingerprint density at radius 2 is 2.31 bits per heavy atom. The number of nitrogens with one attached hydrogen (secondary N) is 1. The van der Waals surface area contributed by atoms with Crippen LogP contribution < -0.4 is 5.32 Å². The fourth-order valence-corrected chi connectivity index (χ4v) is 1.53. The van der Waals surface area contributed by atoms with Crippen molar-refractivity contribution in [3.05, 3.63) is 0 Å². The third-order valence-corrected chi connectivity index (χ3v) is 2.56. The van der Waals surface area contributed by atoms with Gasteiger partial charge >= 0.3 is 6.09 Å². The minimum atomic E-state index is -0.786. The standard InChI is InChI=1S/C9H15NO3/c1-4-7(11)9(6(2)3)5-13-8(12)10-9/h6H,4-5H2,1-3H3,(H,10,12)/t9-/m1/s1. The van der Waals surface area contributed by atoms with Crippen molar-refractivity contribution < 1.29 is 14.3 Å². The summed E-state index contributed by atoms with van der Waals surface area (Å²) in [5.41, 5.74) is -0.786. The highest BCUT2D eigenvalue weighted by Gasteiger charge is 2.47. The second-order valence-electron chi connectivity index (χ2n) is 3.60. The highest BCUT2D eigenvalue weighted by atomic mass is 16.6. The molecular formula is C9H15NO3. The molecule has 74 valence electrons. The maximum absolute atomic E-state index is 11.6. The van der Waals surface area contributed by atoms with Gasteiger partial charge in [0, 0.05) is 6.42 Å². The van der Waals surface area contributed by atoms with Crippen molar-refractivity contribution in [1.82, 2.24) is 5.32 Å². The zero-order valence-electron chi connectivity index (χ0n) is 8.22. The summed E-state index contributed by atoms with van der Waals surface area (Å²) in [6, 6.07) is 0. The van der Waals surface area contributed by atoms with Crippen molar-refractivity contribution in [2.45, 2.75) is 32.7 Å². The highest BCUT2D eigenvalue weighted by molar-refractivity contribution is 5.93. The first-order chi connectivity index (χ1) is 6.03. The number of hydrogen-bond acceptors (Lipinski definition) is 3. The molecule has 1 saturated heterocycles. The van der Waals surface area contributed by atoms with Gasteiger partial charge in [-0.25, -0.2) is 4.79 Å². The fourth-order valence-electron chi connectivity index (χ4n) is 1.53. The molecule has 1 fully saturated rings. The van der Waals surface area contributed by atoms with Gasteiger partial charge in [-0.3, -0.25) is 4.79 Å². The van der Waals surface area contributed by atoms with Crippen LogP contribution in [0.1, 0.15) is 27.2 Å². The van der Waals surface area contributed by atoms with Gasteiger partial charge in [0.25, 0.3) is 0 Å². The predicted octanol–water partition coefficient (Wildman–Crippen LogP) is 1.10. The molecule has 13 heavy (non-hydrogen) atoms. The van der Waals surface area contributed by atoms with Crippen molar-refractivity contribution in [2.75, 3.05) is 6.61 Å². The topological polar surface area (TPSA) is 55.4 Å². The highest BCUT2D eigenvalue weighted by Crippen LogP contribution is 2.24. The molecule has 0 aromatic carbocycles. The zero-order valence-corrected chi connectivity index (χ0v) is 8.22. The summed E-state index contributed by atoms with van der Waals surface area (Å²) >= 11 is 0. The van der Waals surface area contributed by atoms with Crippen LogP contribution in [0, 0.1) is 5.92 Å².